The highest BCUT2D eigenvalue weighted by atomic mass is 16.3. The molecule has 0 radical (unpaired) electrons. The Kier molecular flexibility index (Phi) is 13.1. The molecule has 3 aliphatic heterocycles. The van der Waals surface area contributed by atoms with Crippen LogP contribution in [0.3, 0.4) is 0 Å². The number of aliphatic hydroxyl groups excluding tert-OH is 4. The fourth-order valence-corrected chi connectivity index (χ4v) is 9.17. The minimum absolute atomic E-state index is 0.00424. The Bertz CT molecular complexity index is 2160. The van der Waals surface area contributed by atoms with E-state index in [1.54, 1.807) is 30.5 Å². The molecule has 0 spiro atoms. The summed E-state index contributed by atoms with van der Waals surface area (Å²) in [5.74, 6) is 0.498. The number of benzene rings is 3. The monoisotopic (exact) mass is 830 g/mol. The molecule has 2 saturated heterocycles. The van der Waals surface area contributed by atoms with Gasteiger partial charge in [0.2, 0.25) is 5.91 Å². The number of carbonyl (C=O) groups excluding carboxylic acids is 2. The molecule has 0 bridgehead atoms. The number of aromatic nitrogens is 1. The molecular formula is C45H54N10O6. The van der Waals surface area contributed by atoms with Crippen molar-refractivity contribution in [2.45, 2.75) is 88.1 Å². The van der Waals surface area contributed by atoms with Gasteiger partial charge in [0.1, 0.15) is 36.8 Å². The molecule has 0 unspecified atom stereocenters. The number of anilines is 4. The molecule has 1 aromatic heterocycles. The quantitative estimate of drug-likeness (QED) is 0.109. The highest BCUT2D eigenvalue weighted by Gasteiger charge is 2.46. The van der Waals surface area contributed by atoms with Gasteiger partial charge in [-0.25, -0.2) is 14.7 Å². The van der Waals surface area contributed by atoms with E-state index in [1.807, 2.05) is 53.4 Å². The zero-order chi connectivity index (χ0) is 42.5. The summed E-state index contributed by atoms with van der Waals surface area (Å²) in [5.41, 5.74) is 4.66. The average molecular weight is 831 g/mol. The van der Waals surface area contributed by atoms with Gasteiger partial charge < -0.3 is 41.3 Å². The molecule has 8 rings (SSSR count). The molecule has 320 valence electrons. The lowest BCUT2D eigenvalue weighted by Crippen LogP contribution is -2.57. The molecule has 4 aliphatic rings. The van der Waals surface area contributed by atoms with Gasteiger partial charge in [0.05, 0.1) is 18.2 Å². The zero-order valence-electron chi connectivity index (χ0n) is 34.0. The first-order chi connectivity index (χ1) is 29.6. The summed E-state index contributed by atoms with van der Waals surface area (Å²) < 4.78 is 0. The van der Waals surface area contributed by atoms with Crippen LogP contribution >= 0.6 is 0 Å². The molecule has 1 saturated carbocycles. The normalized spacial score (nSPS) is 25.6. The van der Waals surface area contributed by atoms with Crippen LogP contribution in [-0.4, -0.2) is 110 Å². The van der Waals surface area contributed by atoms with E-state index in [1.165, 1.54) is 4.90 Å². The summed E-state index contributed by atoms with van der Waals surface area (Å²) >= 11 is 0. The highest BCUT2D eigenvalue weighted by Crippen LogP contribution is 2.45. The van der Waals surface area contributed by atoms with Gasteiger partial charge in [-0.1, -0.05) is 42.5 Å². The van der Waals surface area contributed by atoms with Crippen molar-refractivity contribution in [3.8, 4) is 6.07 Å². The predicted octanol–water partition coefficient (Wildman–Crippen LogP) is 3.54. The van der Waals surface area contributed by atoms with Crippen LogP contribution in [0.2, 0.25) is 0 Å². The lowest BCUT2D eigenvalue weighted by Gasteiger charge is -2.40. The SMILES string of the molecule is N#Cc1ccc(NC2CCC(N(C(=O)NCc3ccccc3)c3ccc(N4CCN(CC(=O)Nc5cccc6c5[C@@H](O)N([C@@H]5CC[C@@H](O)N[C@@H]5O)[C@@H]6O)CC4)cc3)CC2)nc1. The molecule has 16 nitrogen and oxygen atoms in total. The van der Waals surface area contributed by atoms with Crippen molar-refractivity contribution in [1.29, 1.82) is 5.26 Å². The number of urea groups is 1. The lowest BCUT2D eigenvalue weighted by atomic mass is 9.90. The van der Waals surface area contributed by atoms with Crippen molar-refractivity contribution in [3.05, 3.63) is 113 Å². The first kappa shape index (κ1) is 42.1. The molecule has 16 heteroatoms. The van der Waals surface area contributed by atoms with Crippen molar-refractivity contribution in [3.63, 3.8) is 0 Å². The number of hydrogen-bond acceptors (Lipinski definition) is 13. The van der Waals surface area contributed by atoms with E-state index in [-0.39, 0.29) is 30.6 Å². The number of nitrogens with zero attached hydrogens (tertiary/aromatic N) is 6. The van der Waals surface area contributed by atoms with Gasteiger partial charge in [-0.15, -0.1) is 0 Å². The predicted molar refractivity (Wildman–Crippen MR) is 230 cm³/mol. The topological polar surface area (TPSA) is 213 Å². The molecule has 5 atom stereocenters. The van der Waals surface area contributed by atoms with Crippen LogP contribution < -0.4 is 31.1 Å². The number of piperidine rings is 1. The Hall–Kier alpha value is -5.64. The van der Waals surface area contributed by atoms with Gasteiger partial charge >= 0.3 is 6.03 Å². The van der Waals surface area contributed by atoms with Crippen LogP contribution in [-0.2, 0) is 11.3 Å². The Labute approximate surface area is 355 Å². The summed E-state index contributed by atoms with van der Waals surface area (Å²) in [6.45, 7) is 3.28. The number of rotatable bonds is 11. The van der Waals surface area contributed by atoms with Gasteiger partial charge in [0.15, 0.2) is 0 Å². The molecule has 3 aromatic carbocycles. The number of amides is 3. The van der Waals surface area contributed by atoms with Gasteiger partial charge in [-0.05, 0) is 86.6 Å². The number of piperazine rings is 1. The van der Waals surface area contributed by atoms with Crippen LogP contribution in [0.5, 0.6) is 0 Å². The highest BCUT2D eigenvalue weighted by molar-refractivity contribution is 5.94. The maximum Gasteiger partial charge on any atom is 0.322 e. The third-order valence-electron chi connectivity index (χ3n) is 12.4. The molecule has 8 N–H and O–H groups in total. The van der Waals surface area contributed by atoms with E-state index < -0.39 is 31.0 Å². The van der Waals surface area contributed by atoms with E-state index in [4.69, 9.17) is 5.26 Å². The van der Waals surface area contributed by atoms with Crippen LogP contribution in [0.4, 0.5) is 27.7 Å². The number of aliphatic hydroxyl groups is 4. The van der Waals surface area contributed by atoms with E-state index in [2.05, 4.69) is 54.3 Å². The molecule has 4 heterocycles. The molecular weight excluding hydrogens is 777 g/mol. The maximum atomic E-state index is 13.9. The Morgan fingerprint density at radius 2 is 1.59 bits per heavy atom. The van der Waals surface area contributed by atoms with Crippen LogP contribution in [0.1, 0.15) is 73.2 Å². The summed E-state index contributed by atoms with van der Waals surface area (Å²) in [4.78, 5) is 39.4. The maximum absolute atomic E-state index is 13.9. The van der Waals surface area contributed by atoms with Gasteiger partial charge in [-0.2, -0.15) is 5.26 Å². The zero-order valence-corrected chi connectivity index (χ0v) is 34.0. The van der Waals surface area contributed by atoms with Crippen molar-refractivity contribution in [2.24, 2.45) is 0 Å². The van der Waals surface area contributed by atoms with Crippen molar-refractivity contribution in [1.82, 2.24) is 25.4 Å². The first-order valence-electron chi connectivity index (χ1n) is 21.1. The molecule has 3 amide bonds. The van der Waals surface area contributed by atoms with E-state index in [0.717, 1.165) is 48.4 Å². The minimum Gasteiger partial charge on any atom is -0.379 e. The summed E-state index contributed by atoms with van der Waals surface area (Å²) in [7, 11) is 0. The fraction of sp³-hybridized carbons (Fsp3) is 0.422. The van der Waals surface area contributed by atoms with E-state index in [0.29, 0.717) is 67.9 Å². The number of pyridine rings is 1. The molecule has 1 aliphatic carbocycles. The van der Waals surface area contributed by atoms with E-state index >= 15 is 0 Å². The van der Waals surface area contributed by atoms with Crippen molar-refractivity contribution < 1.29 is 30.0 Å². The van der Waals surface area contributed by atoms with Crippen LogP contribution in [0, 0.1) is 11.3 Å². The van der Waals surface area contributed by atoms with Crippen molar-refractivity contribution >= 4 is 34.8 Å². The smallest absolute Gasteiger partial charge is 0.322 e. The third-order valence-corrected chi connectivity index (χ3v) is 12.4. The summed E-state index contributed by atoms with van der Waals surface area (Å²) in [5, 5.41) is 64.3. The van der Waals surface area contributed by atoms with Crippen LogP contribution in [0.25, 0.3) is 0 Å². The molecule has 61 heavy (non-hydrogen) atoms. The lowest BCUT2D eigenvalue weighted by molar-refractivity contribution is -0.158. The number of fused-ring (bicyclic) bond motifs is 1. The second-order valence-corrected chi connectivity index (χ2v) is 16.3. The first-order valence-corrected chi connectivity index (χ1v) is 21.1. The average Bonchev–Trinajstić information content (AvgIpc) is 3.53. The number of carbonyl (C=O) groups is 2. The molecule has 4 aromatic rings. The van der Waals surface area contributed by atoms with Crippen LogP contribution in [0.15, 0.2) is 91.1 Å². The minimum atomic E-state index is -1.26. The Morgan fingerprint density at radius 1 is 0.836 bits per heavy atom. The van der Waals surface area contributed by atoms with Gasteiger partial charge in [0, 0.05) is 79.2 Å². The largest absolute Gasteiger partial charge is 0.379 e. The third kappa shape index (κ3) is 9.64. The second kappa shape index (κ2) is 19.0. The molecule has 3 fully saturated rings. The van der Waals surface area contributed by atoms with Crippen molar-refractivity contribution in [2.75, 3.05) is 53.2 Å². The van der Waals surface area contributed by atoms with Gasteiger partial charge in [0.25, 0.3) is 0 Å². The Balaban J connectivity index is 0.865. The number of hydrogen-bond donors (Lipinski definition) is 8. The second-order valence-electron chi connectivity index (χ2n) is 16.3. The van der Waals surface area contributed by atoms with Gasteiger partial charge in [-0.3, -0.25) is 19.9 Å². The standard InChI is InChI=1S/C45H54N10O6/c46-25-30-9-19-38(47-27-30)49-31-10-12-33(13-11-31)54(45(61)48-26-29-5-2-1-3-6-29)34-16-14-32(15-17-34)53-23-21-52(22-24-53)28-40(57)50-36-8-4-7-35-41(36)44(60)55(43(35)59)37-18-20-39(56)51-42(37)58/h1-9,14-17,19,27,31,33,37,39,42-44,51,56,58-60H,10-13,18,20-24,26,28H2,(H,47,49)(H,48,61)(H,50,57)/t31?,33?,37-,39-,42-,43-,44-/m1/s1. The number of nitrogens with one attached hydrogen (secondary N) is 4. The summed E-state index contributed by atoms with van der Waals surface area (Å²) in [6.07, 6.45) is 1.16. The fourth-order valence-electron chi connectivity index (χ4n) is 9.17. The van der Waals surface area contributed by atoms with E-state index in [9.17, 15) is 30.0 Å². The Morgan fingerprint density at radius 3 is 2.28 bits per heavy atom. The summed E-state index contributed by atoms with van der Waals surface area (Å²) in [6, 6.07) is 28.2. The number of nitriles is 1.